The molecule has 1 aliphatic rings. The van der Waals surface area contributed by atoms with Gasteiger partial charge in [-0.3, -0.25) is 0 Å². The summed E-state index contributed by atoms with van der Waals surface area (Å²) in [5.74, 6) is 1.05. The van der Waals surface area contributed by atoms with Gasteiger partial charge in [-0.1, -0.05) is 0 Å². The van der Waals surface area contributed by atoms with E-state index in [0.29, 0.717) is 11.8 Å². The zero-order valence-corrected chi connectivity index (χ0v) is 6.00. The second-order valence-electron chi connectivity index (χ2n) is 2.05. The smallest absolute Gasteiger partial charge is 0.0973 e. The van der Waals surface area contributed by atoms with Crippen molar-refractivity contribution < 1.29 is 4.74 Å². The molecule has 1 rings (SSSR count). The summed E-state index contributed by atoms with van der Waals surface area (Å²) in [7, 11) is 0. The highest BCUT2D eigenvalue weighted by Crippen LogP contribution is 2.28. The van der Waals surface area contributed by atoms with Gasteiger partial charge in [-0.2, -0.15) is 0 Å². The Balaban J connectivity index is 2.33. The van der Waals surface area contributed by atoms with Crippen molar-refractivity contribution in [3.63, 3.8) is 0 Å². The van der Waals surface area contributed by atoms with E-state index in [2.05, 4.69) is 0 Å². The van der Waals surface area contributed by atoms with Crippen LogP contribution < -0.4 is 0 Å². The summed E-state index contributed by atoms with van der Waals surface area (Å²) in [6.07, 6.45) is 1.01. The van der Waals surface area contributed by atoms with Crippen LogP contribution in [0, 0.1) is 0 Å². The van der Waals surface area contributed by atoms with Gasteiger partial charge in [-0.25, -0.2) is 0 Å². The van der Waals surface area contributed by atoms with Crippen LogP contribution in [-0.2, 0) is 4.74 Å². The van der Waals surface area contributed by atoms with Gasteiger partial charge in [0.15, 0.2) is 0 Å². The largest absolute Gasteiger partial charge is 0.372 e. The molecule has 0 amide bonds. The standard InChI is InChI=1S/C5H8Cl2O/c6-3-5(4-7)1-2-8-5/h1-4H2. The minimum absolute atomic E-state index is 0.164. The Hall–Kier alpha value is 0.540. The summed E-state index contributed by atoms with van der Waals surface area (Å²) >= 11 is 11.1. The first-order valence-corrected chi connectivity index (χ1v) is 3.66. The Kier molecular flexibility index (Phi) is 2.02. The molecule has 8 heavy (non-hydrogen) atoms. The average Bonchev–Trinajstić information content (AvgIpc) is 1.67. The third-order valence-electron chi connectivity index (χ3n) is 1.45. The van der Waals surface area contributed by atoms with Crippen molar-refractivity contribution in [2.75, 3.05) is 18.4 Å². The van der Waals surface area contributed by atoms with Crippen LogP contribution in [0.1, 0.15) is 6.42 Å². The quantitative estimate of drug-likeness (QED) is 0.550. The fourth-order valence-corrected chi connectivity index (χ4v) is 1.34. The third-order valence-corrected chi connectivity index (χ3v) is 2.43. The van der Waals surface area contributed by atoms with E-state index in [9.17, 15) is 0 Å². The van der Waals surface area contributed by atoms with E-state index in [1.165, 1.54) is 0 Å². The number of hydrogen-bond acceptors (Lipinski definition) is 1. The van der Waals surface area contributed by atoms with Crippen LogP contribution in [0.15, 0.2) is 0 Å². The predicted molar refractivity (Wildman–Crippen MR) is 34.7 cm³/mol. The summed E-state index contributed by atoms with van der Waals surface area (Å²) in [4.78, 5) is 0. The second-order valence-corrected chi connectivity index (χ2v) is 2.58. The van der Waals surface area contributed by atoms with Crippen LogP contribution in [-0.4, -0.2) is 24.0 Å². The van der Waals surface area contributed by atoms with Crippen molar-refractivity contribution >= 4 is 23.2 Å². The molecule has 0 aromatic rings. The van der Waals surface area contributed by atoms with Gasteiger partial charge in [0, 0.05) is 6.42 Å². The Bertz CT molecular complexity index is 67.0. The molecule has 0 aromatic heterocycles. The van der Waals surface area contributed by atoms with Crippen molar-refractivity contribution in [3.8, 4) is 0 Å². The summed E-state index contributed by atoms with van der Waals surface area (Å²) < 4.78 is 5.15. The summed E-state index contributed by atoms with van der Waals surface area (Å²) in [6.45, 7) is 0.819. The summed E-state index contributed by atoms with van der Waals surface area (Å²) in [5.41, 5.74) is -0.164. The van der Waals surface area contributed by atoms with Crippen molar-refractivity contribution in [3.05, 3.63) is 0 Å². The maximum atomic E-state index is 5.55. The molecule has 1 heterocycles. The summed E-state index contributed by atoms with van der Waals surface area (Å²) in [5, 5.41) is 0. The molecule has 0 unspecified atom stereocenters. The maximum Gasteiger partial charge on any atom is 0.0973 e. The lowest BCUT2D eigenvalue weighted by Crippen LogP contribution is -2.47. The Morgan fingerprint density at radius 3 is 1.88 bits per heavy atom. The molecular formula is C5H8Cl2O. The van der Waals surface area contributed by atoms with Crippen LogP contribution in [0.5, 0.6) is 0 Å². The summed E-state index contributed by atoms with van der Waals surface area (Å²) in [6, 6.07) is 0. The first-order valence-electron chi connectivity index (χ1n) is 2.59. The van der Waals surface area contributed by atoms with Gasteiger partial charge in [-0.15, -0.1) is 23.2 Å². The molecule has 0 aliphatic carbocycles. The van der Waals surface area contributed by atoms with Crippen LogP contribution >= 0.6 is 23.2 Å². The second kappa shape index (κ2) is 2.42. The van der Waals surface area contributed by atoms with E-state index in [4.69, 9.17) is 27.9 Å². The van der Waals surface area contributed by atoms with E-state index in [-0.39, 0.29) is 5.60 Å². The molecule has 0 atom stereocenters. The number of hydrogen-bond donors (Lipinski definition) is 0. The molecule has 0 bridgehead atoms. The molecule has 1 aliphatic heterocycles. The molecular weight excluding hydrogens is 147 g/mol. The molecule has 48 valence electrons. The van der Waals surface area contributed by atoms with E-state index < -0.39 is 0 Å². The van der Waals surface area contributed by atoms with Crippen LogP contribution in [0.25, 0.3) is 0 Å². The minimum atomic E-state index is -0.164. The van der Waals surface area contributed by atoms with Crippen molar-refractivity contribution in [2.45, 2.75) is 12.0 Å². The van der Waals surface area contributed by atoms with Crippen molar-refractivity contribution in [1.29, 1.82) is 0 Å². The lowest BCUT2D eigenvalue weighted by atomic mass is 10.0. The average molecular weight is 155 g/mol. The lowest BCUT2D eigenvalue weighted by molar-refractivity contribution is -0.115. The molecule has 1 nitrogen and oxygen atoms in total. The van der Waals surface area contributed by atoms with Crippen LogP contribution in [0.2, 0.25) is 0 Å². The monoisotopic (exact) mass is 154 g/mol. The molecule has 0 radical (unpaired) electrons. The van der Waals surface area contributed by atoms with E-state index in [0.717, 1.165) is 13.0 Å². The number of ether oxygens (including phenoxy) is 1. The van der Waals surface area contributed by atoms with E-state index in [1.54, 1.807) is 0 Å². The SMILES string of the molecule is ClCC1(CCl)CCO1. The van der Waals surface area contributed by atoms with Gasteiger partial charge in [0.05, 0.1) is 24.0 Å². The number of alkyl halides is 2. The molecule has 0 N–H and O–H groups in total. The zero-order valence-electron chi connectivity index (χ0n) is 4.49. The van der Waals surface area contributed by atoms with E-state index in [1.807, 2.05) is 0 Å². The topological polar surface area (TPSA) is 9.23 Å². The fourth-order valence-electron chi connectivity index (χ4n) is 0.637. The molecule has 0 saturated carbocycles. The number of halogens is 2. The molecule has 3 heteroatoms. The maximum absolute atomic E-state index is 5.55. The van der Waals surface area contributed by atoms with Gasteiger partial charge in [0.25, 0.3) is 0 Å². The minimum Gasteiger partial charge on any atom is -0.372 e. The highest BCUT2D eigenvalue weighted by Gasteiger charge is 2.36. The highest BCUT2D eigenvalue weighted by atomic mass is 35.5. The lowest BCUT2D eigenvalue weighted by Gasteiger charge is -2.38. The van der Waals surface area contributed by atoms with Gasteiger partial charge in [0.2, 0.25) is 0 Å². The molecule has 1 fully saturated rings. The zero-order chi connectivity index (χ0) is 6.04. The van der Waals surface area contributed by atoms with Crippen molar-refractivity contribution in [2.24, 2.45) is 0 Å². The van der Waals surface area contributed by atoms with Gasteiger partial charge >= 0.3 is 0 Å². The molecule has 1 saturated heterocycles. The van der Waals surface area contributed by atoms with Gasteiger partial charge < -0.3 is 4.74 Å². The highest BCUT2D eigenvalue weighted by molar-refractivity contribution is 6.22. The van der Waals surface area contributed by atoms with Gasteiger partial charge in [0.1, 0.15) is 0 Å². The molecule has 0 spiro atoms. The first-order chi connectivity index (χ1) is 3.83. The van der Waals surface area contributed by atoms with Crippen molar-refractivity contribution in [1.82, 2.24) is 0 Å². The Morgan fingerprint density at radius 2 is 1.88 bits per heavy atom. The van der Waals surface area contributed by atoms with Crippen LogP contribution in [0.3, 0.4) is 0 Å². The predicted octanol–water partition coefficient (Wildman–Crippen LogP) is 1.62. The normalized spacial score (nSPS) is 24.8. The van der Waals surface area contributed by atoms with E-state index >= 15 is 0 Å². The molecule has 0 aromatic carbocycles. The fraction of sp³-hybridized carbons (Fsp3) is 1.00. The van der Waals surface area contributed by atoms with Gasteiger partial charge in [-0.05, 0) is 0 Å². The van der Waals surface area contributed by atoms with Crippen LogP contribution in [0.4, 0.5) is 0 Å². The first kappa shape index (κ1) is 6.66. The third kappa shape index (κ3) is 0.949. The Labute approximate surface area is 58.9 Å². The number of rotatable bonds is 2. The Morgan fingerprint density at radius 1 is 1.38 bits per heavy atom.